The van der Waals surface area contributed by atoms with Gasteiger partial charge in [0.1, 0.15) is 5.82 Å². The van der Waals surface area contributed by atoms with Crippen LogP contribution in [0.1, 0.15) is 38.7 Å². The molecule has 0 saturated carbocycles. The largest absolute Gasteiger partial charge is 0.336 e. The normalized spacial score (nSPS) is 14.0. The van der Waals surface area contributed by atoms with Crippen LogP contribution in [-0.4, -0.2) is 25.2 Å². The molecule has 3 N–H and O–H groups in total. The van der Waals surface area contributed by atoms with E-state index in [4.69, 9.17) is 0 Å². The van der Waals surface area contributed by atoms with Crippen molar-refractivity contribution >= 4 is 22.0 Å². The Morgan fingerprint density at radius 1 is 1.32 bits per heavy atom. The molecule has 1 aromatic rings. The Morgan fingerprint density at radius 2 is 2.00 bits per heavy atom. The summed E-state index contributed by atoms with van der Waals surface area (Å²) in [6, 6.07) is 4.51. The van der Waals surface area contributed by atoms with Crippen molar-refractivity contribution in [3.63, 3.8) is 0 Å². The van der Waals surface area contributed by atoms with Gasteiger partial charge in [-0.15, -0.1) is 0 Å². The van der Waals surface area contributed by atoms with Gasteiger partial charge in [-0.2, -0.15) is 0 Å². The van der Waals surface area contributed by atoms with E-state index in [1.807, 2.05) is 13.8 Å². The van der Waals surface area contributed by atoms with Crippen molar-refractivity contribution in [1.82, 2.24) is 16.0 Å². The van der Waals surface area contributed by atoms with Gasteiger partial charge in [-0.05, 0) is 51.9 Å². The number of benzene rings is 1. The van der Waals surface area contributed by atoms with E-state index < -0.39 is 0 Å². The number of piperidine rings is 1. The lowest BCUT2D eigenvalue weighted by Crippen LogP contribution is -2.39. The SMILES string of the molecule is C1CCNCC1.CC(C)NC(=O)NCc1ccc(Br)cc1F. The van der Waals surface area contributed by atoms with Crippen LogP contribution in [0, 0.1) is 5.82 Å². The highest BCUT2D eigenvalue weighted by atomic mass is 79.9. The monoisotopic (exact) mass is 373 g/mol. The maximum atomic E-state index is 13.4. The van der Waals surface area contributed by atoms with Crippen LogP contribution in [-0.2, 0) is 6.54 Å². The molecule has 0 aliphatic carbocycles. The molecule has 0 aromatic heterocycles. The molecule has 2 amide bonds. The number of urea groups is 1. The van der Waals surface area contributed by atoms with Crippen LogP contribution in [0.15, 0.2) is 22.7 Å². The lowest BCUT2D eigenvalue weighted by molar-refractivity contribution is 0.238. The van der Waals surface area contributed by atoms with Gasteiger partial charge in [0, 0.05) is 22.6 Å². The van der Waals surface area contributed by atoms with Crippen molar-refractivity contribution in [1.29, 1.82) is 0 Å². The highest BCUT2D eigenvalue weighted by molar-refractivity contribution is 9.10. The highest BCUT2D eigenvalue weighted by Crippen LogP contribution is 2.14. The first-order chi connectivity index (χ1) is 10.5. The van der Waals surface area contributed by atoms with E-state index in [2.05, 4.69) is 31.9 Å². The summed E-state index contributed by atoms with van der Waals surface area (Å²) in [5, 5.41) is 8.53. The molecule has 1 saturated heterocycles. The molecule has 6 heteroatoms. The predicted octanol–water partition coefficient (Wildman–Crippen LogP) is 3.56. The zero-order valence-electron chi connectivity index (χ0n) is 13.2. The van der Waals surface area contributed by atoms with Crippen molar-refractivity contribution in [2.24, 2.45) is 0 Å². The maximum Gasteiger partial charge on any atom is 0.315 e. The molecule has 0 spiro atoms. The van der Waals surface area contributed by atoms with Crippen LogP contribution in [0.3, 0.4) is 0 Å². The lowest BCUT2D eigenvalue weighted by atomic mass is 10.2. The number of rotatable bonds is 3. The Morgan fingerprint density at radius 3 is 2.45 bits per heavy atom. The molecule has 2 rings (SSSR count). The van der Waals surface area contributed by atoms with Gasteiger partial charge in [-0.1, -0.05) is 28.4 Å². The first-order valence-corrected chi connectivity index (χ1v) is 8.47. The summed E-state index contributed by atoms with van der Waals surface area (Å²) < 4.78 is 14.0. The quantitative estimate of drug-likeness (QED) is 0.758. The number of nitrogens with one attached hydrogen (secondary N) is 3. The third kappa shape index (κ3) is 8.34. The van der Waals surface area contributed by atoms with E-state index in [0.717, 1.165) is 0 Å². The van der Waals surface area contributed by atoms with Crippen molar-refractivity contribution in [2.45, 2.75) is 45.7 Å². The Balaban J connectivity index is 0.000000335. The minimum atomic E-state index is -0.334. The fraction of sp³-hybridized carbons (Fsp3) is 0.562. The zero-order valence-corrected chi connectivity index (χ0v) is 14.8. The van der Waals surface area contributed by atoms with Crippen LogP contribution in [0.2, 0.25) is 0 Å². The molecule has 0 radical (unpaired) electrons. The van der Waals surface area contributed by atoms with Crippen LogP contribution >= 0.6 is 15.9 Å². The summed E-state index contributed by atoms with van der Waals surface area (Å²) >= 11 is 3.17. The summed E-state index contributed by atoms with van der Waals surface area (Å²) in [6.45, 7) is 6.40. The fourth-order valence-electron chi connectivity index (χ4n) is 1.96. The first kappa shape index (κ1) is 18.9. The number of carbonyl (C=O) groups excluding carboxylic acids is 1. The third-order valence-corrected chi connectivity index (χ3v) is 3.57. The van der Waals surface area contributed by atoms with Gasteiger partial charge in [-0.3, -0.25) is 0 Å². The zero-order chi connectivity index (χ0) is 16.4. The van der Waals surface area contributed by atoms with Gasteiger partial charge in [0.05, 0.1) is 0 Å². The average molecular weight is 374 g/mol. The summed E-state index contributed by atoms with van der Waals surface area (Å²) in [6.07, 6.45) is 4.22. The second-order valence-corrected chi connectivity index (χ2v) is 6.44. The number of carbonyl (C=O) groups is 1. The van der Waals surface area contributed by atoms with Crippen LogP contribution < -0.4 is 16.0 Å². The minimum Gasteiger partial charge on any atom is -0.336 e. The molecule has 22 heavy (non-hydrogen) atoms. The molecule has 1 aliphatic rings. The molecule has 4 nitrogen and oxygen atoms in total. The Kier molecular flexibility index (Phi) is 9.08. The molecule has 0 atom stereocenters. The molecule has 1 fully saturated rings. The van der Waals surface area contributed by atoms with Crippen molar-refractivity contribution < 1.29 is 9.18 Å². The van der Waals surface area contributed by atoms with Gasteiger partial charge < -0.3 is 16.0 Å². The summed E-state index contributed by atoms with van der Waals surface area (Å²) in [5.41, 5.74) is 0.460. The van der Waals surface area contributed by atoms with E-state index in [1.165, 1.54) is 38.4 Å². The summed E-state index contributed by atoms with van der Waals surface area (Å²) in [7, 11) is 0. The van der Waals surface area contributed by atoms with Crippen molar-refractivity contribution in [3.8, 4) is 0 Å². The second-order valence-electron chi connectivity index (χ2n) is 5.53. The highest BCUT2D eigenvalue weighted by Gasteiger charge is 2.05. The van der Waals surface area contributed by atoms with Crippen molar-refractivity contribution in [2.75, 3.05) is 13.1 Å². The van der Waals surface area contributed by atoms with Crippen LogP contribution in [0.4, 0.5) is 9.18 Å². The summed E-state index contributed by atoms with van der Waals surface area (Å²) in [4.78, 5) is 11.3. The topological polar surface area (TPSA) is 53.2 Å². The van der Waals surface area contributed by atoms with Gasteiger partial charge in [-0.25, -0.2) is 9.18 Å². The average Bonchev–Trinajstić information content (AvgIpc) is 2.48. The Labute approximate surface area is 140 Å². The lowest BCUT2D eigenvalue weighted by Gasteiger charge is -2.10. The van der Waals surface area contributed by atoms with E-state index >= 15 is 0 Å². The Bertz CT molecular complexity index is 453. The van der Waals surface area contributed by atoms with E-state index in [0.29, 0.717) is 10.0 Å². The molecule has 0 unspecified atom stereocenters. The number of halogens is 2. The second kappa shape index (κ2) is 10.6. The van der Waals surface area contributed by atoms with Gasteiger partial charge in [0.15, 0.2) is 0 Å². The Hall–Kier alpha value is -1.14. The molecule has 124 valence electrons. The standard InChI is InChI=1S/C11H14BrFN2O.C5H11N/c1-7(2)15-11(16)14-6-8-3-4-9(12)5-10(8)13;1-2-4-6-5-3-1/h3-5,7H,6H2,1-2H3,(H2,14,15,16);6H,1-5H2. The molecular weight excluding hydrogens is 349 g/mol. The number of amides is 2. The van der Waals surface area contributed by atoms with E-state index in [1.54, 1.807) is 12.1 Å². The van der Waals surface area contributed by atoms with Gasteiger partial charge in [0.25, 0.3) is 0 Å². The molecule has 0 bridgehead atoms. The van der Waals surface area contributed by atoms with Crippen LogP contribution in [0.25, 0.3) is 0 Å². The smallest absolute Gasteiger partial charge is 0.315 e. The molecular formula is C16H25BrFN3O. The predicted molar refractivity (Wildman–Crippen MR) is 91.3 cm³/mol. The minimum absolute atomic E-state index is 0.0646. The number of hydrogen-bond donors (Lipinski definition) is 3. The van der Waals surface area contributed by atoms with Crippen molar-refractivity contribution in [3.05, 3.63) is 34.1 Å². The van der Waals surface area contributed by atoms with Crippen LogP contribution in [0.5, 0.6) is 0 Å². The molecule has 1 heterocycles. The van der Waals surface area contributed by atoms with Gasteiger partial charge in [0.2, 0.25) is 0 Å². The number of hydrogen-bond acceptors (Lipinski definition) is 2. The first-order valence-electron chi connectivity index (χ1n) is 7.68. The maximum absolute atomic E-state index is 13.4. The third-order valence-electron chi connectivity index (χ3n) is 3.08. The van der Waals surface area contributed by atoms with E-state index in [9.17, 15) is 9.18 Å². The summed E-state index contributed by atoms with van der Waals surface area (Å²) in [5.74, 6) is -0.334. The molecule has 1 aliphatic heterocycles. The fourth-order valence-corrected chi connectivity index (χ4v) is 2.29. The van der Waals surface area contributed by atoms with Gasteiger partial charge >= 0.3 is 6.03 Å². The molecule has 1 aromatic carbocycles. The van der Waals surface area contributed by atoms with E-state index in [-0.39, 0.29) is 24.4 Å².